The van der Waals surface area contributed by atoms with Crippen LogP contribution in [0.5, 0.6) is 0 Å². The Morgan fingerprint density at radius 1 is 0.933 bits per heavy atom. The maximum Gasteiger partial charge on any atom is 0.00111 e. The third-order valence-electron chi connectivity index (χ3n) is 3.11. The highest BCUT2D eigenvalue weighted by atomic mass is 14.3. The fourth-order valence-electron chi connectivity index (χ4n) is 2.03. The third kappa shape index (κ3) is 2.31. The predicted octanol–water partition coefficient (Wildman–Crippen LogP) is 4.42. The van der Waals surface area contributed by atoms with E-state index in [9.17, 15) is 0 Å². The van der Waals surface area contributed by atoms with Crippen molar-refractivity contribution in [3.05, 3.63) is 47.6 Å². The average Bonchev–Trinajstić information content (AvgIpc) is 2.25. The van der Waals surface area contributed by atoms with Crippen LogP contribution in [0.25, 0.3) is 0 Å². The number of hydrogen-bond acceptors (Lipinski definition) is 0. The zero-order valence-electron chi connectivity index (χ0n) is 10.2. The standard InChI is InChI=1S/C15H20/c1-14(2)8-5-12-6-10-15(3,4)11-13(12)7-9-14/h5-9,11H,10H2,1-4H3. The van der Waals surface area contributed by atoms with E-state index in [2.05, 4.69) is 64.2 Å². The monoisotopic (exact) mass is 200 g/mol. The molecule has 80 valence electrons. The van der Waals surface area contributed by atoms with Gasteiger partial charge in [-0.25, -0.2) is 0 Å². The van der Waals surface area contributed by atoms with Gasteiger partial charge in [-0.1, -0.05) is 64.2 Å². The molecule has 0 fully saturated rings. The second kappa shape index (κ2) is 3.23. The van der Waals surface area contributed by atoms with Crippen molar-refractivity contribution in [2.75, 3.05) is 0 Å². The highest BCUT2D eigenvalue weighted by Gasteiger charge is 2.21. The Kier molecular flexibility index (Phi) is 2.26. The number of rotatable bonds is 0. The van der Waals surface area contributed by atoms with E-state index in [4.69, 9.17) is 0 Å². The summed E-state index contributed by atoms with van der Waals surface area (Å²) in [6.07, 6.45) is 15.0. The summed E-state index contributed by atoms with van der Waals surface area (Å²) in [6, 6.07) is 0. The van der Waals surface area contributed by atoms with Crippen molar-refractivity contribution in [1.29, 1.82) is 0 Å². The Morgan fingerprint density at radius 2 is 1.53 bits per heavy atom. The molecule has 0 aliphatic heterocycles. The smallest absolute Gasteiger partial charge is 0.00111 e. The fourth-order valence-corrected chi connectivity index (χ4v) is 2.03. The van der Waals surface area contributed by atoms with E-state index in [1.807, 2.05) is 0 Å². The summed E-state index contributed by atoms with van der Waals surface area (Å²) in [6.45, 7) is 9.06. The molecular weight excluding hydrogens is 180 g/mol. The quantitative estimate of drug-likeness (QED) is 0.543. The van der Waals surface area contributed by atoms with Gasteiger partial charge in [0.05, 0.1) is 0 Å². The molecule has 0 heteroatoms. The maximum absolute atomic E-state index is 2.39. The van der Waals surface area contributed by atoms with Crippen LogP contribution in [0.15, 0.2) is 47.6 Å². The first-order valence-corrected chi connectivity index (χ1v) is 5.70. The summed E-state index contributed by atoms with van der Waals surface area (Å²) < 4.78 is 0. The molecule has 2 rings (SSSR count). The lowest BCUT2D eigenvalue weighted by molar-refractivity contribution is 0.480. The SMILES string of the molecule is CC1(C)C=CC2=CCC(C)(C)C=C2C=C1. The average molecular weight is 200 g/mol. The summed E-state index contributed by atoms with van der Waals surface area (Å²) >= 11 is 0. The van der Waals surface area contributed by atoms with Crippen LogP contribution in [0.2, 0.25) is 0 Å². The molecule has 0 radical (unpaired) electrons. The van der Waals surface area contributed by atoms with E-state index >= 15 is 0 Å². The van der Waals surface area contributed by atoms with Gasteiger partial charge in [-0.15, -0.1) is 0 Å². The lowest BCUT2D eigenvalue weighted by atomic mass is 9.80. The molecule has 0 N–H and O–H groups in total. The van der Waals surface area contributed by atoms with Gasteiger partial charge in [0.1, 0.15) is 0 Å². The number of fused-ring (bicyclic) bond motifs is 1. The molecule has 0 nitrogen and oxygen atoms in total. The summed E-state index contributed by atoms with van der Waals surface area (Å²) in [5, 5.41) is 0. The molecule has 2 aliphatic rings. The molecule has 0 spiro atoms. The van der Waals surface area contributed by atoms with Crippen LogP contribution in [0.1, 0.15) is 34.1 Å². The van der Waals surface area contributed by atoms with Gasteiger partial charge < -0.3 is 0 Å². The maximum atomic E-state index is 2.39. The Hall–Kier alpha value is -1.04. The van der Waals surface area contributed by atoms with Crippen LogP contribution in [0.3, 0.4) is 0 Å². The van der Waals surface area contributed by atoms with E-state index in [1.165, 1.54) is 11.1 Å². The molecule has 0 amide bonds. The molecule has 0 aromatic heterocycles. The molecule has 0 aromatic rings. The van der Waals surface area contributed by atoms with Gasteiger partial charge in [0.2, 0.25) is 0 Å². The molecule has 0 heterocycles. The lowest BCUT2D eigenvalue weighted by Crippen LogP contribution is -2.11. The van der Waals surface area contributed by atoms with Gasteiger partial charge in [0.15, 0.2) is 0 Å². The van der Waals surface area contributed by atoms with E-state index in [1.54, 1.807) is 0 Å². The summed E-state index contributed by atoms with van der Waals surface area (Å²) in [5.41, 5.74) is 3.26. The Balaban J connectivity index is 2.43. The molecule has 0 bridgehead atoms. The van der Waals surface area contributed by atoms with E-state index in [0.717, 1.165) is 6.42 Å². The van der Waals surface area contributed by atoms with E-state index in [0.29, 0.717) is 5.41 Å². The van der Waals surface area contributed by atoms with Crippen LogP contribution < -0.4 is 0 Å². The van der Waals surface area contributed by atoms with Gasteiger partial charge >= 0.3 is 0 Å². The van der Waals surface area contributed by atoms with Crippen molar-refractivity contribution in [1.82, 2.24) is 0 Å². The molecule has 2 aliphatic carbocycles. The number of allylic oxidation sites excluding steroid dienone is 8. The predicted molar refractivity (Wildman–Crippen MR) is 66.6 cm³/mol. The third-order valence-corrected chi connectivity index (χ3v) is 3.11. The summed E-state index contributed by atoms with van der Waals surface area (Å²) in [7, 11) is 0. The largest absolute Gasteiger partial charge is 0.0758 e. The molecule has 0 saturated carbocycles. The van der Waals surface area contributed by atoms with Crippen LogP contribution >= 0.6 is 0 Å². The van der Waals surface area contributed by atoms with Crippen LogP contribution in [-0.2, 0) is 0 Å². The number of hydrogen-bond donors (Lipinski definition) is 0. The van der Waals surface area contributed by atoms with Crippen molar-refractivity contribution < 1.29 is 0 Å². The fraction of sp³-hybridized carbons (Fsp3) is 0.467. The van der Waals surface area contributed by atoms with Gasteiger partial charge in [-0.2, -0.15) is 0 Å². The van der Waals surface area contributed by atoms with Crippen LogP contribution in [0, 0.1) is 10.8 Å². The first kappa shape index (κ1) is 10.5. The molecule has 0 unspecified atom stereocenters. The Morgan fingerprint density at radius 3 is 2.20 bits per heavy atom. The lowest BCUT2D eigenvalue weighted by Gasteiger charge is -2.24. The van der Waals surface area contributed by atoms with Crippen LogP contribution in [-0.4, -0.2) is 0 Å². The van der Waals surface area contributed by atoms with Gasteiger partial charge in [-0.05, 0) is 23.0 Å². The molecule has 0 saturated heterocycles. The van der Waals surface area contributed by atoms with Crippen molar-refractivity contribution in [3.8, 4) is 0 Å². The second-order valence-electron chi connectivity index (χ2n) is 5.94. The minimum atomic E-state index is 0.184. The van der Waals surface area contributed by atoms with Gasteiger partial charge in [0.25, 0.3) is 0 Å². The van der Waals surface area contributed by atoms with Crippen LogP contribution in [0.4, 0.5) is 0 Å². The zero-order valence-corrected chi connectivity index (χ0v) is 10.2. The molecular formula is C15H20. The van der Waals surface area contributed by atoms with Crippen molar-refractivity contribution in [3.63, 3.8) is 0 Å². The van der Waals surface area contributed by atoms with Gasteiger partial charge in [0, 0.05) is 5.41 Å². The first-order valence-electron chi connectivity index (χ1n) is 5.70. The van der Waals surface area contributed by atoms with Crippen molar-refractivity contribution >= 4 is 0 Å². The minimum Gasteiger partial charge on any atom is -0.0758 e. The van der Waals surface area contributed by atoms with Crippen molar-refractivity contribution in [2.45, 2.75) is 34.1 Å². The van der Waals surface area contributed by atoms with Gasteiger partial charge in [-0.3, -0.25) is 0 Å². The molecule has 15 heavy (non-hydrogen) atoms. The first-order chi connectivity index (χ1) is 6.88. The Bertz CT molecular complexity index is 384. The molecule has 0 aromatic carbocycles. The van der Waals surface area contributed by atoms with Crippen molar-refractivity contribution in [2.24, 2.45) is 10.8 Å². The second-order valence-corrected chi connectivity index (χ2v) is 5.94. The zero-order chi connectivity index (χ0) is 11.1. The highest BCUT2D eigenvalue weighted by Crippen LogP contribution is 2.36. The summed E-state index contributed by atoms with van der Waals surface area (Å²) in [5.74, 6) is 0. The minimum absolute atomic E-state index is 0.184. The molecule has 0 atom stereocenters. The van der Waals surface area contributed by atoms with E-state index in [-0.39, 0.29) is 5.41 Å². The highest BCUT2D eigenvalue weighted by molar-refractivity contribution is 5.52. The normalized spacial score (nSPS) is 26.4. The topological polar surface area (TPSA) is 0 Å². The summed E-state index contributed by atoms with van der Waals surface area (Å²) in [4.78, 5) is 0. The Labute approximate surface area is 93.1 Å². The van der Waals surface area contributed by atoms with E-state index < -0.39 is 0 Å².